The molecule has 35 heavy (non-hydrogen) atoms. The minimum atomic E-state index is -3.64. The van der Waals surface area contributed by atoms with Crippen LogP contribution in [0.5, 0.6) is 0 Å². The van der Waals surface area contributed by atoms with Gasteiger partial charge < -0.3 is 4.90 Å². The first-order chi connectivity index (χ1) is 16.9. The number of carbonyl (C=O) groups excluding carboxylic acids is 1. The average Bonchev–Trinajstić information content (AvgIpc) is 2.88. The molecule has 0 spiro atoms. The number of piperidine rings is 1. The van der Waals surface area contributed by atoms with Crippen molar-refractivity contribution in [3.05, 3.63) is 95.1 Å². The summed E-state index contributed by atoms with van der Waals surface area (Å²) in [6.07, 6.45) is 3.56. The maximum atomic E-state index is 13.2. The first-order valence-electron chi connectivity index (χ1n) is 11.4. The Morgan fingerprint density at radius 1 is 1.06 bits per heavy atom. The lowest BCUT2D eigenvalue weighted by atomic mass is 9.89. The number of hydrogen-bond acceptors (Lipinski definition) is 5. The Bertz CT molecular complexity index is 1330. The summed E-state index contributed by atoms with van der Waals surface area (Å²) in [6.45, 7) is 1.26. The Labute approximate surface area is 211 Å². The minimum Gasteiger partial charge on any atom is -0.339 e. The van der Waals surface area contributed by atoms with Gasteiger partial charge in [-0.1, -0.05) is 42.5 Å². The first-order valence-corrected chi connectivity index (χ1v) is 14.3. The van der Waals surface area contributed by atoms with Gasteiger partial charge in [0.05, 0.1) is 23.1 Å². The van der Waals surface area contributed by atoms with Gasteiger partial charge in [0.2, 0.25) is 10.0 Å². The van der Waals surface area contributed by atoms with Gasteiger partial charge in [-0.15, -0.1) is 11.8 Å². The molecule has 1 N–H and O–H groups in total. The van der Waals surface area contributed by atoms with E-state index in [1.165, 1.54) is 17.3 Å². The molecular weight excluding hydrogens is 478 g/mol. The van der Waals surface area contributed by atoms with Crippen LogP contribution in [-0.4, -0.2) is 38.6 Å². The van der Waals surface area contributed by atoms with Gasteiger partial charge in [-0.2, -0.15) is 5.26 Å². The van der Waals surface area contributed by atoms with Crippen LogP contribution in [0.3, 0.4) is 0 Å². The summed E-state index contributed by atoms with van der Waals surface area (Å²) in [7, 11) is -3.64. The summed E-state index contributed by atoms with van der Waals surface area (Å²) in [5, 5.41) is 8.99. The van der Waals surface area contributed by atoms with Gasteiger partial charge in [0.25, 0.3) is 5.91 Å². The maximum Gasteiger partial charge on any atom is 0.253 e. The molecule has 0 radical (unpaired) electrons. The first kappa shape index (κ1) is 24.8. The van der Waals surface area contributed by atoms with E-state index in [2.05, 4.69) is 10.8 Å². The Morgan fingerprint density at radius 2 is 1.74 bits per heavy atom. The zero-order valence-electron chi connectivity index (χ0n) is 19.5. The molecule has 1 fully saturated rings. The smallest absolute Gasteiger partial charge is 0.253 e. The van der Waals surface area contributed by atoms with Gasteiger partial charge in [0.15, 0.2) is 0 Å². The van der Waals surface area contributed by atoms with E-state index in [0.29, 0.717) is 41.4 Å². The van der Waals surface area contributed by atoms with Crippen LogP contribution in [0, 0.1) is 11.3 Å². The number of benzene rings is 3. The normalized spacial score (nSPS) is 14.3. The number of nitriles is 1. The zero-order valence-corrected chi connectivity index (χ0v) is 21.1. The Hall–Kier alpha value is -3.28. The molecule has 1 amide bonds. The molecule has 0 aliphatic carbocycles. The maximum absolute atomic E-state index is 13.2. The molecule has 6 nitrogen and oxygen atoms in total. The highest BCUT2D eigenvalue weighted by Crippen LogP contribution is 2.31. The Morgan fingerprint density at radius 3 is 2.37 bits per heavy atom. The lowest BCUT2D eigenvalue weighted by molar-refractivity contribution is 0.0713. The molecule has 3 aromatic rings. The fourth-order valence-corrected chi connectivity index (χ4v) is 6.15. The van der Waals surface area contributed by atoms with Crippen LogP contribution in [-0.2, 0) is 15.8 Å². The second-order valence-corrected chi connectivity index (χ2v) is 11.1. The summed E-state index contributed by atoms with van der Waals surface area (Å²) in [5.41, 5.74) is 3.42. The van der Waals surface area contributed by atoms with Crippen LogP contribution in [0.15, 0.2) is 77.7 Å². The van der Waals surface area contributed by atoms with Crippen molar-refractivity contribution >= 4 is 33.4 Å². The molecule has 0 atom stereocenters. The molecule has 1 saturated heterocycles. The van der Waals surface area contributed by atoms with Crippen molar-refractivity contribution < 1.29 is 13.2 Å². The third kappa shape index (κ3) is 6.24. The van der Waals surface area contributed by atoms with Gasteiger partial charge in [-0.3, -0.25) is 9.52 Å². The number of thioether (sulfide) groups is 1. The van der Waals surface area contributed by atoms with Gasteiger partial charge >= 0.3 is 0 Å². The molecule has 4 rings (SSSR count). The zero-order chi connectivity index (χ0) is 24.8. The van der Waals surface area contributed by atoms with E-state index in [9.17, 15) is 13.2 Å². The summed E-state index contributed by atoms with van der Waals surface area (Å²) in [6, 6.07) is 24.0. The Kier molecular flexibility index (Phi) is 7.79. The predicted octanol–water partition coefficient (Wildman–Crippen LogP) is 5.24. The number of likely N-dealkylation sites (tertiary alicyclic amines) is 1. The van der Waals surface area contributed by atoms with E-state index in [0.717, 1.165) is 17.7 Å². The summed E-state index contributed by atoms with van der Waals surface area (Å²) < 4.78 is 28.3. The molecule has 0 saturated carbocycles. The van der Waals surface area contributed by atoms with Crippen molar-refractivity contribution in [3.8, 4) is 6.07 Å². The lowest BCUT2D eigenvalue weighted by Crippen LogP contribution is -2.38. The average molecular weight is 506 g/mol. The van der Waals surface area contributed by atoms with Crippen molar-refractivity contribution in [1.29, 1.82) is 5.26 Å². The van der Waals surface area contributed by atoms with Crippen LogP contribution in [0.4, 0.5) is 5.69 Å². The molecule has 1 aliphatic rings. The van der Waals surface area contributed by atoms with Crippen LogP contribution in [0.25, 0.3) is 0 Å². The van der Waals surface area contributed by atoms with Crippen LogP contribution in [0.1, 0.15) is 45.8 Å². The molecule has 1 heterocycles. The number of hydrogen-bond donors (Lipinski definition) is 1. The second-order valence-electron chi connectivity index (χ2n) is 8.56. The SMILES string of the molecule is CSc1ccc(C(=O)N2CCC(c3ccc(C#N)cc3)CC2)cc1NS(=O)(=O)Cc1ccccc1. The molecular formula is C27H27N3O3S2. The highest BCUT2D eigenvalue weighted by atomic mass is 32.2. The number of amides is 1. The third-order valence-electron chi connectivity index (χ3n) is 6.20. The largest absolute Gasteiger partial charge is 0.339 e. The van der Waals surface area contributed by atoms with E-state index >= 15 is 0 Å². The molecule has 0 unspecified atom stereocenters. The fraction of sp³-hybridized carbons (Fsp3) is 0.259. The highest BCUT2D eigenvalue weighted by molar-refractivity contribution is 7.99. The third-order valence-corrected chi connectivity index (χ3v) is 8.24. The van der Waals surface area contributed by atoms with Crippen LogP contribution >= 0.6 is 11.8 Å². The van der Waals surface area contributed by atoms with Gasteiger partial charge in [-0.05, 0) is 66.5 Å². The van der Waals surface area contributed by atoms with Gasteiger partial charge in [-0.25, -0.2) is 8.42 Å². The molecule has 0 aromatic heterocycles. The number of sulfonamides is 1. The Balaban J connectivity index is 1.45. The van der Waals surface area contributed by atoms with Crippen molar-refractivity contribution in [2.75, 3.05) is 24.1 Å². The number of anilines is 1. The van der Waals surface area contributed by atoms with Crippen LogP contribution in [0.2, 0.25) is 0 Å². The van der Waals surface area contributed by atoms with E-state index in [-0.39, 0.29) is 11.7 Å². The molecule has 1 aliphatic heterocycles. The number of carbonyl (C=O) groups is 1. The topological polar surface area (TPSA) is 90.3 Å². The van der Waals surface area contributed by atoms with Crippen molar-refractivity contribution in [2.45, 2.75) is 29.4 Å². The number of nitrogens with one attached hydrogen (secondary N) is 1. The van der Waals surface area contributed by atoms with Gasteiger partial charge in [0, 0.05) is 23.5 Å². The minimum absolute atomic E-state index is 0.0977. The molecule has 180 valence electrons. The lowest BCUT2D eigenvalue weighted by Gasteiger charge is -2.32. The molecule has 8 heteroatoms. The summed E-state index contributed by atoms with van der Waals surface area (Å²) in [5.74, 6) is 0.119. The van der Waals surface area contributed by atoms with E-state index in [4.69, 9.17) is 5.26 Å². The van der Waals surface area contributed by atoms with E-state index in [1.807, 2.05) is 53.6 Å². The molecule has 0 bridgehead atoms. The summed E-state index contributed by atoms with van der Waals surface area (Å²) in [4.78, 5) is 15.8. The van der Waals surface area contributed by atoms with Crippen molar-refractivity contribution in [1.82, 2.24) is 4.90 Å². The summed E-state index contributed by atoms with van der Waals surface area (Å²) >= 11 is 1.43. The monoisotopic (exact) mass is 505 g/mol. The highest BCUT2D eigenvalue weighted by Gasteiger charge is 2.25. The number of nitrogens with zero attached hydrogens (tertiary/aromatic N) is 2. The standard InChI is InChI=1S/C27H27N3O3S2/c1-34-26-12-11-24(17-25(26)29-35(32,33)19-21-5-3-2-4-6-21)27(31)30-15-13-23(14-16-30)22-9-7-20(18-28)8-10-22/h2-12,17,23,29H,13-16,19H2,1H3. The van der Waals surface area contributed by atoms with Gasteiger partial charge in [0.1, 0.15) is 0 Å². The van der Waals surface area contributed by atoms with E-state index < -0.39 is 10.0 Å². The van der Waals surface area contributed by atoms with Crippen LogP contribution < -0.4 is 4.72 Å². The fourth-order valence-electron chi connectivity index (χ4n) is 4.35. The number of rotatable bonds is 7. The van der Waals surface area contributed by atoms with Crippen molar-refractivity contribution in [2.24, 2.45) is 0 Å². The predicted molar refractivity (Wildman–Crippen MR) is 140 cm³/mol. The second kappa shape index (κ2) is 11.0. The van der Waals surface area contributed by atoms with Crippen molar-refractivity contribution in [3.63, 3.8) is 0 Å². The molecule has 3 aromatic carbocycles. The van der Waals surface area contributed by atoms with E-state index in [1.54, 1.807) is 30.3 Å². The quantitative estimate of drug-likeness (QED) is 0.444.